The first-order valence-electron chi connectivity index (χ1n) is 11.9. The second-order valence-electron chi connectivity index (χ2n) is 9.52. The maximum atomic E-state index is 12.0. The number of nitrogens with zero attached hydrogens (tertiary/aromatic N) is 2. The van der Waals surface area contributed by atoms with Gasteiger partial charge in [0.15, 0.2) is 0 Å². The van der Waals surface area contributed by atoms with Crippen molar-refractivity contribution in [1.82, 2.24) is 15.3 Å². The van der Waals surface area contributed by atoms with Crippen molar-refractivity contribution >= 4 is 30.0 Å². The molecule has 0 spiro atoms. The van der Waals surface area contributed by atoms with Crippen LogP contribution in [0.4, 0.5) is 10.7 Å². The Labute approximate surface area is 225 Å². The summed E-state index contributed by atoms with van der Waals surface area (Å²) in [5, 5.41) is 21.7. The number of hydrogen-bond acceptors (Lipinski definition) is 9. The van der Waals surface area contributed by atoms with Gasteiger partial charge in [0.05, 0.1) is 24.4 Å². The van der Waals surface area contributed by atoms with E-state index in [-0.39, 0.29) is 30.5 Å². The van der Waals surface area contributed by atoms with Crippen LogP contribution in [-0.2, 0) is 4.74 Å². The number of hydrogen-bond donors (Lipinski definition) is 4. The Morgan fingerprint density at radius 2 is 1.74 bits per heavy atom. The lowest BCUT2D eigenvalue weighted by molar-refractivity contribution is 0.0471. The number of aliphatic hydroxyl groups excluding tert-OH is 1. The molecule has 0 radical (unpaired) electrons. The van der Waals surface area contributed by atoms with E-state index in [4.69, 9.17) is 9.47 Å². The minimum Gasteiger partial charge on any atom is -0.478 e. The van der Waals surface area contributed by atoms with E-state index in [0.717, 1.165) is 28.6 Å². The highest BCUT2D eigenvalue weighted by Gasteiger charge is 2.19. The molecule has 1 unspecified atom stereocenters. The number of carbonyl (C=O) groups excluding carboxylic acids is 1. The van der Waals surface area contributed by atoms with Gasteiger partial charge in [-0.15, -0.1) is 0 Å². The Kier molecular flexibility index (Phi) is 9.54. The predicted molar refractivity (Wildman–Crippen MR) is 146 cm³/mol. The number of alkyl carbamates (subject to hydrolysis) is 1. The lowest BCUT2D eigenvalue weighted by atomic mass is 10.00. The van der Waals surface area contributed by atoms with E-state index in [1.54, 1.807) is 39.0 Å². The molecule has 10 nitrogen and oxygen atoms in total. The van der Waals surface area contributed by atoms with Gasteiger partial charge in [-0.1, -0.05) is 24.3 Å². The summed E-state index contributed by atoms with van der Waals surface area (Å²) in [5.41, 5.74) is 3.03. The molecule has 3 aromatic rings. The summed E-state index contributed by atoms with van der Waals surface area (Å²) < 4.78 is 14.2. The minimum atomic E-state index is -1.02. The lowest BCUT2D eigenvalue weighted by Crippen LogP contribution is -2.40. The van der Waals surface area contributed by atoms with Crippen LogP contribution in [0.15, 0.2) is 53.4 Å². The van der Waals surface area contributed by atoms with Crippen molar-refractivity contribution in [3.63, 3.8) is 0 Å². The van der Waals surface area contributed by atoms with Gasteiger partial charge in [-0.2, -0.15) is 4.98 Å². The van der Waals surface area contributed by atoms with Crippen molar-refractivity contribution in [2.45, 2.75) is 51.2 Å². The number of nitrogens with one attached hydrogen (secondary N) is 2. The monoisotopic (exact) mass is 540 g/mol. The highest BCUT2D eigenvalue weighted by molar-refractivity contribution is 8.00. The third-order valence-corrected chi connectivity index (χ3v) is 5.92. The average molecular weight is 541 g/mol. The van der Waals surface area contributed by atoms with Crippen molar-refractivity contribution < 1.29 is 29.3 Å². The molecular formula is C27H32N4O6S. The summed E-state index contributed by atoms with van der Waals surface area (Å²) in [5.74, 6) is -0.612. The molecule has 0 saturated heterocycles. The van der Waals surface area contributed by atoms with Crippen LogP contribution in [0.25, 0.3) is 11.3 Å². The van der Waals surface area contributed by atoms with Gasteiger partial charge in [-0.05, 0) is 75.9 Å². The van der Waals surface area contributed by atoms with E-state index in [1.165, 1.54) is 12.1 Å². The SMILES string of the molecule is Cc1cccc(C)c1-c1cc(OC(CO)CNC(=O)OC(C)(C)C)nc(NSc2cccc(C(=O)O)c2)n1. The molecule has 0 aliphatic heterocycles. The van der Waals surface area contributed by atoms with Crippen molar-refractivity contribution in [3.8, 4) is 17.1 Å². The maximum Gasteiger partial charge on any atom is 0.407 e. The molecule has 1 amide bonds. The molecule has 202 valence electrons. The molecule has 1 aromatic heterocycles. The Morgan fingerprint density at radius 1 is 1.05 bits per heavy atom. The molecular weight excluding hydrogens is 508 g/mol. The van der Waals surface area contributed by atoms with E-state index in [9.17, 15) is 19.8 Å². The molecule has 0 aliphatic rings. The molecule has 0 fully saturated rings. The van der Waals surface area contributed by atoms with Crippen LogP contribution in [-0.4, -0.2) is 57.1 Å². The van der Waals surface area contributed by atoms with Crippen LogP contribution in [0.1, 0.15) is 42.3 Å². The second-order valence-corrected chi connectivity index (χ2v) is 10.4. The van der Waals surface area contributed by atoms with Crippen LogP contribution in [0.5, 0.6) is 5.88 Å². The Bertz CT molecular complexity index is 1270. The van der Waals surface area contributed by atoms with Crippen molar-refractivity contribution in [2.24, 2.45) is 0 Å². The summed E-state index contributed by atoms with van der Waals surface area (Å²) in [6.07, 6.45) is -1.42. The highest BCUT2D eigenvalue weighted by atomic mass is 32.2. The number of aromatic nitrogens is 2. The van der Waals surface area contributed by atoms with Gasteiger partial charge in [-0.3, -0.25) is 4.72 Å². The lowest BCUT2D eigenvalue weighted by Gasteiger charge is -2.22. The highest BCUT2D eigenvalue weighted by Crippen LogP contribution is 2.30. The molecule has 38 heavy (non-hydrogen) atoms. The fraction of sp³-hybridized carbons (Fsp3) is 0.333. The van der Waals surface area contributed by atoms with Gasteiger partial charge in [0, 0.05) is 16.5 Å². The Morgan fingerprint density at radius 3 is 2.37 bits per heavy atom. The van der Waals surface area contributed by atoms with E-state index in [0.29, 0.717) is 10.6 Å². The fourth-order valence-corrected chi connectivity index (χ4v) is 4.13. The topological polar surface area (TPSA) is 143 Å². The molecule has 1 atom stereocenters. The number of carbonyl (C=O) groups is 2. The number of aliphatic hydroxyl groups is 1. The zero-order valence-corrected chi connectivity index (χ0v) is 22.8. The van der Waals surface area contributed by atoms with Gasteiger partial charge in [0.25, 0.3) is 0 Å². The van der Waals surface area contributed by atoms with E-state index >= 15 is 0 Å². The predicted octanol–water partition coefficient (Wildman–Crippen LogP) is 4.84. The summed E-state index contributed by atoms with van der Waals surface area (Å²) in [4.78, 5) is 33.1. The molecule has 0 aliphatic carbocycles. The van der Waals surface area contributed by atoms with Crippen molar-refractivity contribution in [2.75, 3.05) is 17.9 Å². The number of carboxylic acids is 1. The third-order valence-electron chi connectivity index (χ3n) is 5.15. The van der Waals surface area contributed by atoms with Crippen molar-refractivity contribution in [1.29, 1.82) is 0 Å². The summed E-state index contributed by atoms with van der Waals surface area (Å²) in [7, 11) is 0. The molecule has 3 rings (SSSR count). The van der Waals surface area contributed by atoms with E-state index in [1.807, 2.05) is 32.0 Å². The first-order chi connectivity index (χ1) is 17.9. The average Bonchev–Trinajstić information content (AvgIpc) is 2.84. The standard InChI is InChI=1S/C27H32N4O6S/c1-16-8-6-9-17(2)23(16)21-13-22(36-19(15-32)14-28-26(35)37-27(3,4)5)30-25(29-21)31-38-20-11-7-10-18(12-20)24(33)34/h6-13,19,32H,14-15H2,1-5H3,(H,28,35)(H,33,34)(H,29,30,31). The van der Waals surface area contributed by atoms with Gasteiger partial charge in [-0.25, -0.2) is 14.6 Å². The Hall–Kier alpha value is -3.83. The van der Waals surface area contributed by atoms with Gasteiger partial charge >= 0.3 is 12.1 Å². The first-order valence-corrected chi connectivity index (χ1v) is 12.7. The van der Waals surface area contributed by atoms with Crippen molar-refractivity contribution in [3.05, 3.63) is 65.2 Å². The molecule has 2 aromatic carbocycles. The molecule has 4 N–H and O–H groups in total. The van der Waals surface area contributed by atoms with Crippen LogP contribution >= 0.6 is 11.9 Å². The fourth-order valence-electron chi connectivity index (χ4n) is 3.50. The van der Waals surface area contributed by atoms with Crippen LogP contribution in [0.3, 0.4) is 0 Å². The molecule has 0 saturated carbocycles. The number of ether oxygens (including phenoxy) is 2. The zero-order chi connectivity index (χ0) is 27.9. The van der Waals surface area contributed by atoms with Crippen LogP contribution in [0, 0.1) is 13.8 Å². The quantitative estimate of drug-likeness (QED) is 0.264. The number of aromatic carboxylic acids is 1. The minimum absolute atomic E-state index is 0.00631. The second kappa shape index (κ2) is 12.6. The first kappa shape index (κ1) is 28.7. The van der Waals surface area contributed by atoms with E-state index in [2.05, 4.69) is 20.0 Å². The number of carboxylic acid groups (broad SMARTS) is 1. The maximum absolute atomic E-state index is 12.0. The normalized spacial score (nSPS) is 11.9. The summed E-state index contributed by atoms with van der Waals surface area (Å²) in [6.45, 7) is 8.84. The molecule has 11 heteroatoms. The number of rotatable bonds is 10. The summed E-state index contributed by atoms with van der Waals surface area (Å²) >= 11 is 1.15. The van der Waals surface area contributed by atoms with Crippen LogP contribution in [0.2, 0.25) is 0 Å². The number of anilines is 1. The zero-order valence-electron chi connectivity index (χ0n) is 21.9. The van der Waals surface area contributed by atoms with Gasteiger partial charge < -0.3 is 25.0 Å². The smallest absolute Gasteiger partial charge is 0.407 e. The largest absolute Gasteiger partial charge is 0.478 e. The Balaban J connectivity index is 1.86. The van der Waals surface area contributed by atoms with Gasteiger partial charge in [0.2, 0.25) is 11.8 Å². The number of aryl methyl sites for hydroxylation is 2. The molecule has 1 heterocycles. The third kappa shape index (κ3) is 8.35. The molecule has 0 bridgehead atoms. The van der Waals surface area contributed by atoms with Gasteiger partial charge in [0.1, 0.15) is 11.7 Å². The van der Waals surface area contributed by atoms with Crippen LogP contribution < -0.4 is 14.8 Å². The van der Waals surface area contributed by atoms with E-state index < -0.39 is 23.8 Å². The number of benzene rings is 2. The number of amides is 1. The summed E-state index contributed by atoms with van der Waals surface area (Å²) in [6, 6.07) is 14.1.